The fraction of sp³-hybridized carbons (Fsp3) is 1.00. The van der Waals surface area contributed by atoms with Crippen molar-refractivity contribution in [3.63, 3.8) is 0 Å². The van der Waals surface area contributed by atoms with Gasteiger partial charge in [-0.2, -0.15) is 0 Å². The normalized spacial score (nSPS) is 43.6. The first-order chi connectivity index (χ1) is 5.19. The predicted molar refractivity (Wildman–Crippen MR) is 49.6 cm³/mol. The molecular weight excluding hydrogens is 134 g/mol. The zero-order valence-corrected chi connectivity index (χ0v) is 8.28. The van der Waals surface area contributed by atoms with Crippen LogP contribution in [0.15, 0.2) is 0 Å². The van der Waals surface area contributed by atoms with Crippen LogP contribution in [0.3, 0.4) is 0 Å². The molecule has 3 unspecified atom stereocenters. The molecule has 0 spiro atoms. The van der Waals surface area contributed by atoms with E-state index in [0.717, 1.165) is 12.0 Å². The van der Waals surface area contributed by atoms with E-state index in [0.29, 0.717) is 5.41 Å². The van der Waals surface area contributed by atoms with Gasteiger partial charge in [0.1, 0.15) is 0 Å². The molecule has 11 heavy (non-hydrogen) atoms. The Morgan fingerprint density at radius 2 is 2.09 bits per heavy atom. The summed E-state index contributed by atoms with van der Waals surface area (Å²) in [7, 11) is 2.09. The van der Waals surface area contributed by atoms with Crippen molar-refractivity contribution >= 4 is 0 Å². The molecule has 66 valence electrons. The summed E-state index contributed by atoms with van der Waals surface area (Å²) in [5.74, 6) is 0.963. The number of hydrogen-bond acceptors (Lipinski definition) is 1. The van der Waals surface area contributed by atoms with Gasteiger partial charge in [0.05, 0.1) is 0 Å². The highest BCUT2D eigenvalue weighted by molar-refractivity contribution is 5.01. The average molecular weight is 155 g/mol. The van der Waals surface area contributed by atoms with E-state index in [2.05, 4.69) is 33.1 Å². The van der Waals surface area contributed by atoms with Gasteiger partial charge in [-0.3, -0.25) is 0 Å². The second-order valence-corrected chi connectivity index (χ2v) is 4.04. The molecule has 1 N–H and O–H groups in total. The summed E-state index contributed by atoms with van der Waals surface area (Å²) >= 11 is 0. The Bertz CT molecular complexity index is 121. The molecule has 3 atom stereocenters. The van der Waals surface area contributed by atoms with Crippen LogP contribution >= 0.6 is 0 Å². The highest BCUT2D eigenvalue weighted by Gasteiger charge is 2.47. The largest absolute Gasteiger partial charge is 0.316 e. The maximum Gasteiger partial charge on any atom is 0.0123 e. The number of rotatable bonds is 3. The van der Waals surface area contributed by atoms with Gasteiger partial charge in [0.2, 0.25) is 0 Å². The summed E-state index contributed by atoms with van der Waals surface area (Å²) in [6.07, 6.45) is 4.05. The SMILES string of the molecule is CCC1CC(NC)C1(C)CC. The summed E-state index contributed by atoms with van der Waals surface area (Å²) < 4.78 is 0. The van der Waals surface area contributed by atoms with Crippen LogP contribution in [0.25, 0.3) is 0 Å². The third-order valence-electron chi connectivity index (χ3n) is 3.85. The molecule has 1 heteroatoms. The van der Waals surface area contributed by atoms with Crippen molar-refractivity contribution in [1.29, 1.82) is 0 Å². The fourth-order valence-electron chi connectivity index (χ4n) is 2.56. The molecular formula is C10H21N. The summed E-state index contributed by atoms with van der Waals surface area (Å²) in [6.45, 7) is 7.04. The quantitative estimate of drug-likeness (QED) is 0.660. The van der Waals surface area contributed by atoms with E-state index in [1.54, 1.807) is 0 Å². The summed E-state index contributed by atoms with van der Waals surface area (Å²) in [5.41, 5.74) is 0.587. The van der Waals surface area contributed by atoms with Gasteiger partial charge in [0.25, 0.3) is 0 Å². The van der Waals surface area contributed by atoms with Crippen LogP contribution in [0.5, 0.6) is 0 Å². The standard InChI is InChI=1S/C10H21N/c1-5-8-7-9(11-4)10(8,3)6-2/h8-9,11H,5-7H2,1-4H3. The predicted octanol–water partition coefficient (Wildman–Crippen LogP) is 2.42. The van der Waals surface area contributed by atoms with E-state index in [-0.39, 0.29) is 0 Å². The van der Waals surface area contributed by atoms with E-state index in [1.807, 2.05) is 0 Å². The van der Waals surface area contributed by atoms with E-state index in [1.165, 1.54) is 19.3 Å². The van der Waals surface area contributed by atoms with Gasteiger partial charge in [-0.25, -0.2) is 0 Å². The van der Waals surface area contributed by atoms with E-state index in [9.17, 15) is 0 Å². The number of nitrogens with one attached hydrogen (secondary N) is 1. The van der Waals surface area contributed by atoms with E-state index in [4.69, 9.17) is 0 Å². The third kappa shape index (κ3) is 1.20. The molecule has 0 radical (unpaired) electrons. The lowest BCUT2D eigenvalue weighted by molar-refractivity contribution is -0.00588. The van der Waals surface area contributed by atoms with Crippen molar-refractivity contribution in [3.05, 3.63) is 0 Å². The minimum Gasteiger partial charge on any atom is -0.316 e. The molecule has 1 fully saturated rings. The van der Waals surface area contributed by atoms with Crippen LogP contribution < -0.4 is 5.32 Å². The van der Waals surface area contributed by atoms with E-state index >= 15 is 0 Å². The maximum absolute atomic E-state index is 3.41. The molecule has 0 aromatic heterocycles. The molecule has 0 saturated heterocycles. The minimum absolute atomic E-state index is 0.587. The molecule has 0 bridgehead atoms. The van der Waals surface area contributed by atoms with Crippen molar-refractivity contribution in [3.8, 4) is 0 Å². The van der Waals surface area contributed by atoms with Crippen molar-refractivity contribution in [2.24, 2.45) is 11.3 Å². The molecule has 0 amide bonds. The average Bonchev–Trinajstić information content (AvgIpc) is 2.03. The van der Waals surface area contributed by atoms with Crippen LogP contribution in [0.1, 0.15) is 40.0 Å². The van der Waals surface area contributed by atoms with Crippen molar-refractivity contribution in [1.82, 2.24) is 5.32 Å². The topological polar surface area (TPSA) is 12.0 Å². The zero-order valence-electron chi connectivity index (χ0n) is 8.28. The minimum atomic E-state index is 0.587. The molecule has 0 aromatic rings. The van der Waals surface area contributed by atoms with Crippen LogP contribution in [0, 0.1) is 11.3 Å². The van der Waals surface area contributed by atoms with Gasteiger partial charge < -0.3 is 5.32 Å². The Hall–Kier alpha value is -0.0400. The Morgan fingerprint density at radius 1 is 1.45 bits per heavy atom. The molecule has 0 aromatic carbocycles. The molecule has 1 nitrogen and oxygen atoms in total. The highest BCUT2D eigenvalue weighted by atomic mass is 14.9. The molecule has 0 aliphatic heterocycles. The summed E-state index contributed by atoms with van der Waals surface area (Å²) in [5, 5.41) is 3.41. The van der Waals surface area contributed by atoms with Crippen LogP contribution in [0.2, 0.25) is 0 Å². The lowest BCUT2D eigenvalue weighted by atomic mass is 9.55. The zero-order chi connectivity index (χ0) is 8.48. The Morgan fingerprint density at radius 3 is 2.45 bits per heavy atom. The van der Waals surface area contributed by atoms with Crippen molar-refractivity contribution < 1.29 is 0 Å². The Kier molecular flexibility index (Phi) is 2.58. The Labute approximate surface area is 70.6 Å². The monoisotopic (exact) mass is 155 g/mol. The van der Waals surface area contributed by atoms with Crippen LogP contribution in [-0.2, 0) is 0 Å². The second kappa shape index (κ2) is 3.14. The molecule has 1 saturated carbocycles. The molecule has 0 heterocycles. The lowest BCUT2D eigenvalue weighted by Gasteiger charge is -2.54. The van der Waals surface area contributed by atoms with Crippen molar-refractivity contribution in [2.45, 2.75) is 46.1 Å². The first-order valence-electron chi connectivity index (χ1n) is 4.86. The van der Waals surface area contributed by atoms with Crippen LogP contribution in [0.4, 0.5) is 0 Å². The van der Waals surface area contributed by atoms with Crippen LogP contribution in [-0.4, -0.2) is 13.1 Å². The third-order valence-corrected chi connectivity index (χ3v) is 3.85. The van der Waals surface area contributed by atoms with Gasteiger partial charge in [0, 0.05) is 6.04 Å². The smallest absolute Gasteiger partial charge is 0.0123 e. The lowest BCUT2D eigenvalue weighted by Crippen LogP contribution is -2.56. The number of hydrogen-bond donors (Lipinski definition) is 1. The van der Waals surface area contributed by atoms with Crippen molar-refractivity contribution in [2.75, 3.05) is 7.05 Å². The van der Waals surface area contributed by atoms with E-state index < -0.39 is 0 Å². The molecule has 1 aliphatic rings. The first-order valence-corrected chi connectivity index (χ1v) is 4.86. The van der Waals surface area contributed by atoms with Gasteiger partial charge in [-0.1, -0.05) is 27.2 Å². The molecule has 1 rings (SSSR count). The maximum atomic E-state index is 3.41. The Balaban J connectivity index is 2.55. The fourth-order valence-corrected chi connectivity index (χ4v) is 2.56. The highest BCUT2D eigenvalue weighted by Crippen LogP contribution is 2.50. The van der Waals surface area contributed by atoms with Gasteiger partial charge in [-0.05, 0) is 31.2 Å². The summed E-state index contributed by atoms with van der Waals surface area (Å²) in [4.78, 5) is 0. The van der Waals surface area contributed by atoms with Gasteiger partial charge in [-0.15, -0.1) is 0 Å². The summed E-state index contributed by atoms with van der Waals surface area (Å²) in [6, 6.07) is 0.775. The van der Waals surface area contributed by atoms with Gasteiger partial charge >= 0.3 is 0 Å². The first kappa shape index (κ1) is 9.05. The van der Waals surface area contributed by atoms with Gasteiger partial charge in [0.15, 0.2) is 0 Å². The second-order valence-electron chi connectivity index (χ2n) is 4.04. The molecule has 1 aliphatic carbocycles.